The van der Waals surface area contributed by atoms with Gasteiger partial charge >= 0.3 is 29.4 Å². The molecule has 0 rings (SSSR count). The fourth-order valence-electron chi connectivity index (χ4n) is 0. The van der Waals surface area contributed by atoms with Gasteiger partial charge in [0.2, 0.25) is 0 Å². The van der Waals surface area contributed by atoms with E-state index in [0.29, 0.717) is 0 Å². The van der Waals surface area contributed by atoms with Crippen molar-refractivity contribution in [2.24, 2.45) is 0 Å². The topological polar surface area (TPSA) is 94.8 Å². The molecule has 0 unspecified atom stereocenters. The van der Waals surface area contributed by atoms with Crippen LogP contribution in [0.3, 0.4) is 0 Å². The summed E-state index contributed by atoms with van der Waals surface area (Å²) >= 11 is -5.25. The van der Waals surface area contributed by atoms with Crippen molar-refractivity contribution in [2.45, 2.75) is 0 Å². The van der Waals surface area contributed by atoms with Gasteiger partial charge in [-0.3, -0.25) is 0 Å². The number of aliphatic hydroxyl groups is 1. The van der Waals surface area contributed by atoms with Crippen molar-refractivity contribution in [1.82, 2.24) is 0 Å². The standard InChI is InChI=1S/CH4O.H2O4Se/c1-2;1-5(2,3)4/h2H,1H3;(H2,1,2,3,4). The van der Waals surface area contributed by atoms with Crippen molar-refractivity contribution < 1.29 is 21.2 Å². The fraction of sp³-hybridized carbons (Fsp3) is 1.00. The third-order valence-electron chi connectivity index (χ3n) is 0. The second-order valence-corrected chi connectivity index (χ2v) is 2.33. The number of aliphatic hydroxyl groups excluding tert-OH is 1. The summed E-state index contributed by atoms with van der Waals surface area (Å²) in [6, 6.07) is 0. The molecule has 5 nitrogen and oxygen atoms in total. The first kappa shape index (κ1) is 10.1. The van der Waals surface area contributed by atoms with Crippen molar-refractivity contribution in [3.8, 4) is 0 Å². The van der Waals surface area contributed by atoms with Gasteiger partial charge in [-0.25, -0.2) is 0 Å². The Morgan fingerprint density at radius 1 is 1.14 bits per heavy atom. The van der Waals surface area contributed by atoms with Crippen LogP contribution in [0, 0.1) is 0 Å². The van der Waals surface area contributed by atoms with Gasteiger partial charge in [0.25, 0.3) is 0 Å². The average Bonchev–Trinajstić information content (AvgIpc) is 1.36. The van der Waals surface area contributed by atoms with E-state index in [1.807, 2.05) is 0 Å². The van der Waals surface area contributed by atoms with Crippen molar-refractivity contribution in [3.63, 3.8) is 0 Å². The monoisotopic (exact) mass is 178 g/mol. The summed E-state index contributed by atoms with van der Waals surface area (Å²) in [4.78, 5) is 0. The molecule has 0 atom stereocenters. The summed E-state index contributed by atoms with van der Waals surface area (Å²) in [7, 11) is 1.00. The van der Waals surface area contributed by atoms with Crippen LogP contribution in [0.15, 0.2) is 0 Å². The molecule has 0 saturated heterocycles. The van der Waals surface area contributed by atoms with E-state index in [-0.39, 0.29) is 0 Å². The first-order chi connectivity index (χ1) is 3.00. The van der Waals surface area contributed by atoms with E-state index < -0.39 is 13.4 Å². The molecule has 0 radical (unpaired) electrons. The average molecular weight is 177 g/mol. The van der Waals surface area contributed by atoms with E-state index in [1.165, 1.54) is 0 Å². The summed E-state index contributed by atoms with van der Waals surface area (Å²) in [5.41, 5.74) is 0. The number of hydrogen-bond acceptors (Lipinski definition) is 3. The molecule has 0 aromatic carbocycles. The minimum absolute atomic E-state index is 1.00. The summed E-state index contributed by atoms with van der Waals surface area (Å²) in [5, 5.41) is 7.00. The molecule has 0 aromatic rings. The predicted octanol–water partition coefficient (Wildman–Crippen LogP) is -2.12. The Morgan fingerprint density at radius 2 is 1.14 bits per heavy atom. The number of hydrogen-bond donors (Lipinski definition) is 3. The van der Waals surface area contributed by atoms with Crippen LogP contribution in [0.1, 0.15) is 0 Å². The van der Waals surface area contributed by atoms with E-state index in [2.05, 4.69) is 0 Å². The van der Waals surface area contributed by atoms with Crippen LogP contribution in [-0.4, -0.2) is 34.0 Å². The van der Waals surface area contributed by atoms with Gasteiger partial charge in [-0.05, 0) is 0 Å². The van der Waals surface area contributed by atoms with Gasteiger partial charge in [0, 0.05) is 7.11 Å². The Labute approximate surface area is 42.5 Å². The van der Waals surface area contributed by atoms with E-state index in [0.717, 1.165) is 7.11 Å². The molecule has 7 heavy (non-hydrogen) atoms. The Morgan fingerprint density at radius 3 is 1.14 bits per heavy atom. The normalized spacial score (nSPS) is 9.14. The molecular weight excluding hydrogens is 171 g/mol. The van der Waals surface area contributed by atoms with Crippen molar-refractivity contribution in [1.29, 1.82) is 0 Å². The van der Waals surface area contributed by atoms with Crippen LogP contribution in [0.2, 0.25) is 0 Å². The van der Waals surface area contributed by atoms with Gasteiger partial charge in [0.15, 0.2) is 0 Å². The van der Waals surface area contributed by atoms with Crippen molar-refractivity contribution >= 4 is 13.4 Å². The Hall–Kier alpha value is -0.000519. The van der Waals surface area contributed by atoms with Crippen LogP contribution >= 0.6 is 0 Å². The number of rotatable bonds is 0. The van der Waals surface area contributed by atoms with Gasteiger partial charge < -0.3 is 5.11 Å². The molecule has 0 aliphatic rings. The summed E-state index contributed by atoms with van der Waals surface area (Å²) in [5.74, 6) is 0. The molecule has 0 heterocycles. The summed E-state index contributed by atoms with van der Waals surface area (Å²) in [6.07, 6.45) is 0. The second kappa shape index (κ2) is 4.17. The van der Waals surface area contributed by atoms with E-state index in [4.69, 9.17) is 21.2 Å². The van der Waals surface area contributed by atoms with Gasteiger partial charge in [-0.15, -0.1) is 0 Å². The van der Waals surface area contributed by atoms with Crippen LogP contribution in [0.4, 0.5) is 0 Å². The molecule has 0 amide bonds. The SMILES string of the molecule is CO.O=[Se](=O)(O)O. The van der Waals surface area contributed by atoms with Gasteiger partial charge in [0.05, 0.1) is 0 Å². The first-order valence-corrected chi connectivity index (χ1v) is 4.08. The zero-order valence-corrected chi connectivity index (χ0v) is 5.28. The third-order valence-corrected chi connectivity index (χ3v) is 0. The van der Waals surface area contributed by atoms with E-state index in [9.17, 15) is 0 Å². The predicted molar refractivity (Wildman–Crippen MR) is 19.7 cm³/mol. The quantitative estimate of drug-likeness (QED) is 0.367. The zero-order valence-electron chi connectivity index (χ0n) is 3.57. The maximum absolute atomic E-state index is 8.82. The first-order valence-electron chi connectivity index (χ1n) is 1.15. The molecule has 6 heteroatoms. The molecule has 3 N–H and O–H groups in total. The molecule has 46 valence electrons. The Balaban J connectivity index is 0. The third kappa shape index (κ3) is 356000000. The minimum atomic E-state index is -5.25. The Bertz CT molecular complexity index is 91.2. The van der Waals surface area contributed by atoms with E-state index >= 15 is 0 Å². The fourth-order valence-corrected chi connectivity index (χ4v) is 0. The molecule has 0 aliphatic heterocycles. The van der Waals surface area contributed by atoms with Crippen LogP contribution in [0.5, 0.6) is 0 Å². The van der Waals surface area contributed by atoms with Gasteiger partial charge in [-0.1, -0.05) is 0 Å². The molecule has 0 fully saturated rings. The molecule has 0 bridgehead atoms. The molecule has 0 saturated carbocycles. The maximum atomic E-state index is 8.82. The van der Waals surface area contributed by atoms with Gasteiger partial charge in [0.1, 0.15) is 0 Å². The molecule has 0 spiro atoms. The van der Waals surface area contributed by atoms with Crippen LogP contribution in [-0.2, 0) is 7.67 Å². The van der Waals surface area contributed by atoms with Crippen molar-refractivity contribution in [3.05, 3.63) is 0 Å². The summed E-state index contributed by atoms with van der Waals surface area (Å²) in [6.45, 7) is 0. The van der Waals surface area contributed by atoms with E-state index in [1.54, 1.807) is 0 Å². The zero-order chi connectivity index (χ0) is 6.50. The Kier molecular flexibility index (Phi) is 6.00. The van der Waals surface area contributed by atoms with Crippen molar-refractivity contribution in [2.75, 3.05) is 7.11 Å². The molecule has 0 aromatic heterocycles. The summed E-state index contributed by atoms with van der Waals surface area (Å²) < 4.78 is 31.9. The van der Waals surface area contributed by atoms with Crippen LogP contribution < -0.4 is 0 Å². The van der Waals surface area contributed by atoms with Crippen LogP contribution in [0.25, 0.3) is 0 Å². The second-order valence-electron chi connectivity index (χ2n) is 0.448. The molecule has 0 aliphatic carbocycles. The molecular formula is CH6O5Se. The van der Waals surface area contributed by atoms with Gasteiger partial charge in [-0.2, -0.15) is 0 Å².